The summed E-state index contributed by atoms with van der Waals surface area (Å²) in [7, 11) is 1.78. The molecule has 21 heavy (non-hydrogen) atoms. The van der Waals surface area contributed by atoms with Gasteiger partial charge < -0.3 is 4.90 Å². The van der Waals surface area contributed by atoms with Gasteiger partial charge in [0, 0.05) is 23.7 Å². The van der Waals surface area contributed by atoms with Crippen LogP contribution in [-0.4, -0.2) is 18.7 Å². The predicted octanol–water partition coefficient (Wildman–Crippen LogP) is 3.41. The minimum Gasteiger partial charge on any atom is -0.311 e. The predicted molar refractivity (Wildman–Crippen MR) is 84.2 cm³/mol. The third-order valence-corrected chi connectivity index (χ3v) is 3.72. The highest BCUT2D eigenvalue weighted by atomic mass is 16.2. The van der Waals surface area contributed by atoms with Crippen LogP contribution in [0.4, 0.5) is 5.69 Å². The molecule has 0 bridgehead atoms. The van der Waals surface area contributed by atoms with E-state index < -0.39 is 0 Å². The number of anilines is 1. The van der Waals surface area contributed by atoms with Crippen molar-refractivity contribution >= 4 is 29.0 Å². The number of nitrogens with zero attached hydrogens (tertiary/aromatic N) is 1. The molecule has 3 heteroatoms. The third kappa shape index (κ3) is 2.27. The fourth-order valence-corrected chi connectivity index (χ4v) is 2.52. The van der Waals surface area contributed by atoms with Crippen LogP contribution in [0, 0.1) is 0 Å². The lowest BCUT2D eigenvalue weighted by molar-refractivity contribution is -0.112. The van der Waals surface area contributed by atoms with Crippen molar-refractivity contribution in [3.8, 4) is 0 Å². The maximum Gasteiger partial charge on any atom is 0.258 e. The molecular weight excluding hydrogens is 262 g/mol. The molecular formula is C18H15NO2. The van der Waals surface area contributed by atoms with Gasteiger partial charge in [-0.2, -0.15) is 0 Å². The highest BCUT2D eigenvalue weighted by Crippen LogP contribution is 2.36. The molecule has 1 aliphatic heterocycles. The molecule has 0 spiro atoms. The Kier molecular flexibility index (Phi) is 3.18. The van der Waals surface area contributed by atoms with Crippen LogP contribution < -0.4 is 4.90 Å². The van der Waals surface area contributed by atoms with Crippen molar-refractivity contribution in [2.45, 2.75) is 6.92 Å². The van der Waals surface area contributed by atoms with E-state index >= 15 is 0 Å². The summed E-state index contributed by atoms with van der Waals surface area (Å²) in [5.41, 5.74) is 4.14. The topological polar surface area (TPSA) is 37.4 Å². The van der Waals surface area contributed by atoms with Crippen molar-refractivity contribution in [1.82, 2.24) is 0 Å². The number of carbonyl (C=O) groups excluding carboxylic acids is 2. The Hall–Kier alpha value is -2.68. The molecule has 0 aromatic heterocycles. The maximum atomic E-state index is 12.3. The second-order valence-electron chi connectivity index (χ2n) is 5.12. The summed E-state index contributed by atoms with van der Waals surface area (Å²) >= 11 is 0. The summed E-state index contributed by atoms with van der Waals surface area (Å²) in [4.78, 5) is 25.3. The van der Waals surface area contributed by atoms with Gasteiger partial charge in [0.15, 0.2) is 5.78 Å². The molecule has 0 saturated heterocycles. The molecule has 0 fully saturated rings. The van der Waals surface area contributed by atoms with Crippen LogP contribution in [0.25, 0.3) is 11.6 Å². The van der Waals surface area contributed by atoms with Crippen LogP contribution in [0.3, 0.4) is 0 Å². The molecule has 1 heterocycles. The van der Waals surface area contributed by atoms with E-state index in [-0.39, 0.29) is 11.7 Å². The molecule has 3 nitrogen and oxygen atoms in total. The first kappa shape index (κ1) is 13.3. The number of benzene rings is 2. The van der Waals surface area contributed by atoms with E-state index in [1.165, 1.54) is 0 Å². The third-order valence-electron chi connectivity index (χ3n) is 3.72. The van der Waals surface area contributed by atoms with Crippen LogP contribution in [0.5, 0.6) is 0 Å². The van der Waals surface area contributed by atoms with Crippen molar-refractivity contribution in [3.63, 3.8) is 0 Å². The zero-order valence-corrected chi connectivity index (χ0v) is 12.0. The van der Waals surface area contributed by atoms with Gasteiger partial charge in [0.1, 0.15) is 0 Å². The Bertz CT molecular complexity index is 757. The number of hydrogen-bond donors (Lipinski definition) is 0. The number of likely N-dealkylation sites (N-methyl/N-ethyl adjacent to an activating group) is 1. The molecule has 2 aromatic carbocycles. The molecule has 0 radical (unpaired) electrons. The second-order valence-corrected chi connectivity index (χ2v) is 5.12. The SMILES string of the molecule is CC(=O)c1ccc(/C=C2\C(=O)N(C)c3ccccc32)cc1. The Balaban J connectivity index is 2.03. The van der Waals surface area contributed by atoms with E-state index in [0.29, 0.717) is 11.1 Å². The quantitative estimate of drug-likeness (QED) is 0.623. The second kappa shape index (κ2) is 5.02. The summed E-state index contributed by atoms with van der Waals surface area (Å²) in [6.07, 6.45) is 1.87. The van der Waals surface area contributed by atoms with Crippen molar-refractivity contribution in [2.75, 3.05) is 11.9 Å². The van der Waals surface area contributed by atoms with Crippen LogP contribution in [-0.2, 0) is 4.79 Å². The Morgan fingerprint density at radius 1 is 1.05 bits per heavy atom. The zero-order chi connectivity index (χ0) is 15.0. The van der Waals surface area contributed by atoms with Crippen molar-refractivity contribution in [1.29, 1.82) is 0 Å². The van der Waals surface area contributed by atoms with Gasteiger partial charge >= 0.3 is 0 Å². The van der Waals surface area contributed by atoms with Crippen LogP contribution in [0.1, 0.15) is 28.4 Å². The van der Waals surface area contributed by atoms with E-state index in [9.17, 15) is 9.59 Å². The molecule has 0 unspecified atom stereocenters. The lowest BCUT2D eigenvalue weighted by Gasteiger charge is -2.07. The number of ketones is 1. The minimum atomic E-state index is -0.00755. The van der Waals surface area contributed by atoms with Crippen LogP contribution in [0.15, 0.2) is 48.5 Å². The van der Waals surface area contributed by atoms with Gasteiger partial charge in [-0.3, -0.25) is 9.59 Å². The van der Waals surface area contributed by atoms with E-state index in [2.05, 4.69) is 0 Å². The monoisotopic (exact) mass is 277 g/mol. The van der Waals surface area contributed by atoms with Crippen molar-refractivity contribution in [3.05, 3.63) is 65.2 Å². The van der Waals surface area contributed by atoms with Gasteiger partial charge in [-0.15, -0.1) is 0 Å². The molecule has 0 aliphatic carbocycles. The Morgan fingerprint density at radius 2 is 1.71 bits per heavy atom. The Labute approximate surface area is 123 Å². The summed E-state index contributed by atoms with van der Waals surface area (Å²) in [6, 6.07) is 15.0. The molecule has 0 saturated carbocycles. The lowest BCUT2D eigenvalue weighted by atomic mass is 10.0. The number of para-hydroxylation sites is 1. The lowest BCUT2D eigenvalue weighted by Crippen LogP contribution is -2.20. The Morgan fingerprint density at radius 3 is 2.38 bits per heavy atom. The van der Waals surface area contributed by atoms with Gasteiger partial charge in [-0.05, 0) is 24.6 Å². The average molecular weight is 277 g/mol. The van der Waals surface area contributed by atoms with Crippen molar-refractivity contribution < 1.29 is 9.59 Å². The smallest absolute Gasteiger partial charge is 0.258 e. The highest BCUT2D eigenvalue weighted by molar-refractivity contribution is 6.35. The fraction of sp³-hybridized carbons (Fsp3) is 0.111. The van der Waals surface area contributed by atoms with Gasteiger partial charge in [0.2, 0.25) is 0 Å². The maximum absolute atomic E-state index is 12.3. The van der Waals surface area contributed by atoms with E-state index in [0.717, 1.165) is 16.8 Å². The first-order chi connectivity index (χ1) is 10.1. The highest BCUT2D eigenvalue weighted by Gasteiger charge is 2.28. The van der Waals surface area contributed by atoms with E-state index in [4.69, 9.17) is 0 Å². The standard InChI is InChI=1S/C18H15NO2/c1-12(20)14-9-7-13(8-10-14)11-16-15-5-3-4-6-17(15)19(2)18(16)21/h3-11H,1-2H3/b16-11-. The first-order valence-corrected chi connectivity index (χ1v) is 6.78. The van der Waals surface area contributed by atoms with Crippen LogP contribution >= 0.6 is 0 Å². The molecule has 2 aromatic rings. The number of carbonyl (C=O) groups is 2. The summed E-state index contributed by atoms with van der Waals surface area (Å²) in [5.74, 6) is 0.0306. The number of amides is 1. The number of Topliss-reactive ketones (excluding diaryl/α,β-unsaturated/α-hetero) is 1. The fourth-order valence-electron chi connectivity index (χ4n) is 2.52. The molecule has 1 aliphatic rings. The number of fused-ring (bicyclic) bond motifs is 1. The zero-order valence-electron chi connectivity index (χ0n) is 12.0. The van der Waals surface area contributed by atoms with Gasteiger partial charge in [0.25, 0.3) is 5.91 Å². The molecule has 104 valence electrons. The normalized spacial score (nSPS) is 15.4. The largest absolute Gasteiger partial charge is 0.311 e. The number of rotatable bonds is 2. The summed E-state index contributed by atoms with van der Waals surface area (Å²) in [6.45, 7) is 1.54. The molecule has 1 amide bonds. The van der Waals surface area contributed by atoms with Gasteiger partial charge in [0.05, 0.1) is 5.69 Å². The van der Waals surface area contributed by atoms with E-state index in [1.54, 1.807) is 31.0 Å². The van der Waals surface area contributed by atoms with Crippen LogP contribution in [0.2, 0.25) is 0 Å². The average Bonchev–Trinajstić information content (AvgIpc) is 2.73. The van der Waals surface area contributed by atoms with Crippen molar-refractivity contribution in [2.24, 2.45) is 0 Å². The van der Waals surface area contributed by atoms with Gasteiger partial charge in [-0.1, -0.05) is 42.5 Å². The van der Waals surface area contributed by atoms with Gasteiger partial charge in [-0.25, -0.2) is 0 Å². The minimum absolute atomic E-state index is 0.00755. The molecule has 3 rings (SSSR count). The summed E-state index contributed by atoms with van der Waals surface area (Å²) < 4.78 is 0. The first-order valence-electron chi connectivity index (χ1n) is 6.78. The van der Waals surface area contributed by atoms with E-state index in [1.807, 2.05) is 42.5 Å². The number of hydrogen-bond acceptors (Lipinski definition) is 2. The molecule has 0 N–H and O–H groups in total. The summed E-state index contributed by atoms with van der Waals surface area (Å²) in [5, 5.41) is 0. The molecule has 0 atom stereocenters.